The molecule has 0 aliphatic heterocycles. The van der Waals surface area contributed by atoms with Gasteiger partial charge >= 0.3 is 0 Å². The SMILES string of the molecule is CSCC(C)CNCc1ccc(/C(N)=N/O)cc1C. The van der Waals surface area contributed by atoms with Crippen molar-refractivity contribution in [1.29, 1.82) is 0 Å². The minimum Gasteiger partial charge on any atom is -0.409 e. The minimum absolute atomic E-state index is 0.149. The van der Waals surface area contributed by atoms with Gasteiger partial charge in [0.2, 0.25) is 0 Å². The molecule has 106 valence electrons. The van der Waals surface area contributed by atoms with Crippen molar-refractivity contribution in [3.63, 3.8) is 0 Å². The van der Waals surface area contributed by atoms with Crippen LogP contribution >= 0.6 is 11.8 Å². The molecule has 0 aromatic heterocycles. The molecule has 0 aliphatic rings. The Morgan fingerprint density at radius 2 is 2.26 bits per heavy atom. The third-order valence-corrected chi connectivity index (χ3v) is 3.91. The molecule has 1 aromatic carbocycles. The highest BCUT2D eigenvalue weighted by molar-refractivity contribution is 7.98. The van der Waals surface area contributed by atoms with Crippen molar-refractivity contribution >= 4 is 17.6 Å². The Kier molecular flexibility index (Phi) is 6.73. The van der Waals surface area contributed by atoms with Gasteiger partial charge < -0.3 is 16.3 Å². The molecule has 0 amide bonds. The molecule has 1 atom stereocenters. The Bertz CT molecular complexity index is 435. The van der Waals surface area contributed by atoms with E-state index >= 15 is 0 Å². The van der Waals surface area contributed by atoms with Crippen LogP contribution in [0.2, 0.25) is 0 Å². The number of aryl methyl sites for hydroxylation is 1. The molecule has 19 heavy (non-hydrogen) atoms. The average Bonchev–Trinajstić information content (AvgIpc) is 2.40. The Morgan fingerprint density at radius 3 is 2.84 bits per heavy atom. The van der Waals surface area contributed by atoms with Crippen LogP contribution in [0.15, 0.2) is 23.4 Å². The smallest absolute Gasteiger partial charge is 0.170 e. The number of nitrogens with one attached hydrogen (secondary N) is 1. The highest BCUT2D eigenvalue weighted by Crippen LogP contribution is 2.11. The fourth-order valence-electron chi connectivity index (χ4n) is 1.91. The first-order valence-corrected chi connectivity index (χ1v) is 7.75. The van der Waals surface area contributed by atoms with Gasteiger partial charge in [0.05, 0.1) is 0 Å². The Balaban J connectivity index is 2.56. The topological polar surface area (TPSA) is 70.6 Å². The van der Waals surface area contributed by atoms with Gasteiger partial charge in [0.25, 0.3) is 0 Å². The number of nitrogens with zero attached hydrogens (tertiary/aromatic N) is 1. The number of amidine groups is 1. The molecule has 4 N–H and O–H groups in total. The van der Waals surface area contributed by atoms with Crippen molar-refractivity contribution in [2.45, 2.75) is 20.4 Å². The summed E-state index contributed by atoms with van der Waals surface area (Å²) in [7, 11) is 0. The van der Waals surface area contributed by atoms with Crippen LogP contribution in [0.4, 0.5) is 0 Å². The van der Waals surface area contributed by atoms with E-state index in [0.29, 0.717) is 5.92 Å². The first-order chi connectivity index (χ1) is 9.08. The van der Waals surface area contributed by atoms with Crippen LogP contribution < -0.4 is 11.1 Å². The number of rotatable bonds is 7. The molecule has 0 saturated heterocycles. The van der Waals surface area contributed by atoms with E-state index in [1.54, 1.807) is 0 Å². The lowest BCUT2D eigenvalue weighted by Crippen LogP contribution is -2.22. The standard InChI is InChI=1S/C14H23N3OS/c1-10(9-19-3)7-16-8-13-5-4-12(6-11(13)2)14(15)17-18/h4-6,10,16,18H,7-9H2,1-3H3,(H2,15,17). The highest BCUT2D eigenvalue weighted by atomic mass is 32.2. The summed E-state index contributed by atoms with van der Waals surface area (Å²) in [5, 5.41) is 15.1. The van der Waals surface area contributed by atoms with Gasteiger partial charge in [0.1, 0.15) is 0 Å². The third kappa shape index (κ3) is 5.12. The molecule has 0 saturated carbocycles. The summed E-state index contributed by atoms with van der Waals surface area (Å²) in [6.45, 7) is 6.15. The molecule has 5 heteroatoms. The normalized spacial score (nSPS) is 13.5. The molecule has 1 rings (SSSR count). The highest BCUT2D eigenvalue weighted by Gasteiger charge is 2.05. The van der Waals surface area contributed by atoms with Crippen LogP contribution in [0.1, 0.15) is 23.6 Å². The minimum atomic E-state index is 0.149. The second-order valence-corrected chi connectivity index (χ2v) is 5.73. The predicted molar refractivity (Wildman–Crippen MR) is 82.9 cm³/mol. The molecular weight excluding hydrogens is 258 g/mol. The quantitative estimate of drug-likeness (QED) is 0.310. The maximum atomic E-state index is 8.65. The summed E-state index contributed by atoms with van der Waals surface area (Å²) in [5.41, 5.74) is 8.71. The summed E-state index contributed by atoms with van der Waals surface area (Å²) >= 11 is 1.88. The van der Waals surface area contributed by atoms with Gasteiger partial charge in [-0.25, -0.2) is 0 Å². The van der Waals surface area contributed by atoms with Crippen LogP contribution in [0.3, 0.4) is 0 Å². The van der Waals surface area contributed by atoms with E-state index in [4.69, 9.17) is 10.9 Å². The third-order valence-electron chi connectivity index (χ3n) is 3.01. The summed E-state index contributed by atoms with van der Waals surface area (Å²) in [6.07, 6.45) is 2.13. The second kappa shape index (κ2) is 8.07. The molecule has 0 radical (unpaired) electrons. The van der Waals surface area contributed by atoms with Gasteiger partial charge in [-0.3, -0.25) is 0 Å². The van der Waals surface area contributed by atoms with Gasteiger partial charge in [-0.05, 0) is 48.6 Å². The van der Waals surface area contributed by atoms with Gasteiger partial charge in [-0.2, -0.15) is 11.8 Å². The molecular formula is C14H23N3OS. The lowest BCUT2D eigenvalue weighted by molar-refractivity contribution is 0.318. The maximum Gasteiger partial charge on any atom is 0.170 e. The molecule has 0 spiro atoms. The fraction of sp³-hybridized carbons (Fsp3) is 0.500. The number of benzene rings is 1. The zero-order chi connectivity index (χ0) is 14.3. The van der Waals surface area contributed by atoms with Crippen molar-refractivity contribution in [2.75, 3.05) is 18.6 Å². The van der Waals surface area contributed by atoms with Gasteiger partial charge in [0, 0.05) is 12.1 Å². The molecule has 0 heterocycles. The van der Waals surface area contributed by atoms with E-state index in [0.717, 1.165) is 24.2 Å². The van der Waals surface area contributed by atoms with Crippen molar-refractivity contribution < 1.29 is 5.21 Å². The molecule has 0 bridgehead atoms. The zero-order valence-electron chi connectivity index (χ0n) is 11.8. The molecule has 0 aliphatic carbocycles. The van der Waals surface area contributed by atoms with Crippen LogP contribution in [-0.4, -0.2) is 29.6 Å². The first-order valence-electron chi connectivity index (χ1n) is 6.35. The molecule has 0 fully saturated rings. The number of nitrogens with two attached hydrogens (primary N) is 1. The summed E-state index contributed by atoms with van der Waals surface area (Å²) < 4.78 is 0. The van der Waals surface area contributed by atoms with Gasteiger partial charge in [-0.15, -0.1) is 0 Å². The van der Waals surface area contributed by atoms with E-state index in [2.05, 4.69) is 23.7 Å². The maximum absolute atomic E-state index is 8.65. The van der Waals surface area contributed by atoms with Crippen LogP contribution in [0.25, 0.3) is 0 Å². The summed E-state index contributed by atoms with van der Waals surface area (Å²) in [6, 6.07) is 5.84. The van der Waals surface area contributed by atoms with Crippen LogP contribution in [-0.2, 0) is 6.54 Å². The number of oxime groups is 1. The zero-order valence-corrected chi connectivity index (χ0v) is 12.6. The Hall–Kier alpha value is -1.20. The van der Waals surface area contributed by atoms with Crippen LogP contribution in [0.5, 0.6) is 0 Å². The van der Waals surface area contributed by atoms with Crippen molar-refractivity contribution in [3.8, 4) is 0 Å². The molecule has 1 unspecified atom stereocenters. The number of hydrogen-bond donors (Lipinski definition) is 3. The van der Waals surface area contributed by atoms with Gasteiger partial charge in [-0.1, -0.05) is 24.2 Å². The van der Waals surface area contributed by atoms with Crippen molar-refractivity contribution in [1.82, 2.24) is 5.32 Å². The summed E-state index contributed by atoms with van der Waals surface area (Å²) in [5.74, 6) is 2.00. The summed E-state index contributed by atoms with van der Waals surface area (Å²) in [4.78, 5) is 0. The fourth-order valence-corrected chi connectivity index (χ4v) is 2.59. The van der Waals surface area contributed by atoms with Gasteiger partial charge in [0.15, 0.2) is 5.84 Å². The number of thioether (sulfide) groups is 1. The van der Waals surface area contributed by atoms with Crippen LogP contribution in [0, 0.1) is 12.8 Å². The average molecular weight is 281 g/mol. The number of hydrogen-bond acceptors (Lipinski definition) is 4. The first kappa shape index (κ1) is 15.9. The molecule has 4 nitrogen and oxygen atoms in total. The van der Waals surface area contributed by atoms with E-state index in [1.807, 2.05) is 36.9 Å². The predicted octanol–water partition coefficient (Wildman–Crippen LogP) is 2.18. The Labute approximate surface area is 119 Å². The monoisotopic (exact) mass is 281 g/mol. The lowest BCUT2D eigenvalue weighted by atomic mass is 10.0. The van der Waals surface area contributed by atoms with Crippen molar-refractivity contribution in [2.24, 2.45) is 16.8 Å². The van der Waals surface area contributed by atoms with Crippen molar-refractivity contribution in [3.05, 3.63) is 34.9 Å². The lowest BCUT2D eigenvalue weighted by Gasteiger charge is -2.13. The second-order valence-electron chi connectivity index (χ2n) is 4.82. The largest absolute Gasteiger partial charge is 0.409 e. The van der Waals surface area contributed by atoms with E-state index < -0.39 is 0 Å². The van der Waals surface area contributed by atoms with E-state index in [1.165, 1.54) is 11.3 Å². The molecule has 1 aromatic rings. The van der Waals surface area contributed by atoms with E-state index in [-0.39, 0.29) is 5.84 Å². The Morgan fingerprint density at radius 1 is 1.53 bits per heavy atom. The van der Waals surface area contributed by atoms with E-state index in [9.17, 15) is 0 Å².